The van der Waals surface area contributed by atoms with E-state index in [0.29, 0.717) is 53.9 Å². The Morgan fingerprint density at radius 1 is 0.974 bits per heavy atom. The highest BCUT2D eigenvalue weighted by Crippen LogP contribution is 2.45. The van der Waals surface area contributed by atoms with Gasteiger partial charge in [0.2, 0.25) is 0 Å². The summed E-state index contributed by atoms with van der Waals surface area (Å²) < 4.78 is 17.0. The molecule has 1 amide bonds. The first kappa shape index (κ1) is 25.4. The number of fused-ring (bicyclic) bond motifs is 1. The Bertz CT molecular complexity index is 1420. The van der Waals surface area contributed by atoms with Crippen molar-refractivity contribution in [3.63, 3.8) is 0 Å². The Labute approximate surface area is 222 Å². The molecule has 5 rings (SSSR count). The van der Waals surface area contributed by atoms with E-state index in [4.69, 9.17) is 14.2 Å². The minimum atomic E-state index is -0.845. The van der Waals surface area contributed by atoms with Gasteiger partial charge in [0.1, 0.15) is 24.7 Å². The summed E-state index contributed by atoms with van der Waals surface area (Å²) in [5.74, 6) is -0.103. The molecule has 7 heteroatoms. The molecule has 196 valence electrons. The molecule has 1 N–H and O–H groups in total. The molecule has 0 saturated carbocycles. The number of aliphatic hydroxyl groups is 1. The molecule has 1 unspecified atom stereocenters. The first-order valence-electron chi connectivity index (χ1n) is 12.7. The summed E-state index contributed by atoms with van der Waals surface area (Å²) >= 11 is 0. The van der Waals surface area contributed by atoms with Crippen molar-refractivity contribution in [2.45, 2.75) is 39.2 Å². The Balaban J connectivity index is 1.68. The Kier molecular flexibility index (Phi) is 6.61. The van der Waals surface area contributed by atoms with Gasteiger partial charge in [-0.3, -0.25) is 14.5 Å². The van der Waals surface area contributed by atoms with Crippen molar-refractivity contribution < 1.29 is 28.9 Å². The molecule has 38 heavy (non-hydrogen) atoms. The number of Topliss-reactive ketones (excluding diaryl/α,β-unsaturated/α-hetero) is 1. The summed E-state index contributed by atoms with van der Waals surface area (Å²) in [7, 11) is 0. The number of ether oxygens (including phenoxy) is 3. The third-order valence-corrected chi connectivity index (χ3v) is 6.76. The third-order valence-electron chi connectivity index (χ3n) is 6.76. The van der Waals surface area contributed by atoms with Gasteiger partial charge in [-0.1, -0.05) is 57.2 Å². The van der Waals surface area contributed by atoms with Crippen molar-refractivity contribution in [3.05, 3.63) is 89.0 Å². The van der Waals surface area contributed by atoms with Gasteiger partial charge in [-0.25, -0.2) is 0 Å². The molecule has 0 spiro atoms. The smallest absolute Gasteiger partial charge is 0.300 e. The number of rotatable bonds is 5. The van der Waals surface area contributed by atoms with E-state index in [1.165, 1.54) is 4.90 Å². The van der Waals surface area contributed by atoms with Gasteiger partial charge in [0.05, 0.1) is 18.2 Å². The maximum absolute atomic E-state index is 13.5. The molecule has 2 aliphatic rings. The summed E-state index contributed by atoms with van der Waals surface area (Å²) in [6, 6.07) is 19.0. The van der Waals surface area contributed by atoms with E-state index in [1.54, 1.807) is 42.5 Å². The summed E-state index contributed by atoms with van der Waals surface area (Å²) in [5.41, 5.74) is 2.63. The summed E-state index contributed by atoms with van der Waals surface area (Å²) in [4.78, 5) is 28.5. The van der Waals surface area contributed by atoms with E-state index in [-0.39, 0.29) is 16.7 Å². The molecule has 0 radical (unpaired) electrons. The van der Waals surface area contributed by atoms with E-state index >= 15 is 0 Å². The number of amides is 1. The number of nitrogens with zero attached hydrogens (tertiary/aromatic N) is 1. The molecule has 1 saturated heterocycles. The van der Waals surface area contributed by atoms with Crippen LogP contribution in [-0.4, -0.2) is 36.6 Å². The molecule has 0 bridgehead atoms. The van der Waals surface area contributed by atoms with Crippen LogP contribution >= 0.6 is 0 Å². The van der Waals surface area contributed by atoms with Crippen LogP contribution in [-0.2, 0) is 15.0 Å². The second-order valence-electron chi connectivity index (χ2n) is 10.3. The maximum atomic E-state index is 13.5. The molecule has 1 atom stereocenters. The normalized spacial score (nSPS) is 18.5. The van der Waals surface area contributed by atoms with E-state index in [2.05, 4.69) is 20.8 Å². The van der Waals surface area contributed by atoms with Crippen molar-refractivity contribution in [3.8, 4) is 17.2 Å². The first-order valence-corrected chi connectivity index (χ1v) is 12.7. The molecule has 1 fully saturated rings. The highest BCUT2D eigenvalue weighted by atomic mass is 16.6. The van der Waals surface area contributed by atoms with Crippen molar-refractivity contribution >= 4 is 23.1 Å². The lowest BCUT2D eigenvalue weighted by Crippen LogP contribution is -2.29. The fourth-order valence-corrected chi connectivity index (χ4v) is 4.82. The third kappa shape index (κ3) is 4.60. The minimum Gasteiger partial charge on any atom is -0.507 e. The number of benzene rings is 3. The van der Waals surface area contributed by atoms with Crippen LogP contribution in [0.5, 0.6) is 17.2 Å². The van der Waals surface area contributed by atoms with Crippen LogP contribution in [0.2, 0.25) is 0 Å². The van der Waals surface area contributed by atoms with E-state index in [1.807, 2.05) is 31.2 Å². The van der Waals surface area contributed by atoms with Gasteiger partial charge in [0, 0.05) is 17.3 Å². The Morgan fingerprint density at radius 2 is 1.68 bits per heavy atom. The Hall–Kier alpha value is -4.26. The molecule has 3 aromatic carbocycles. The largest absolute Gasteiger partial charge is 0.507 e. The van der Waals surface area contributed by atoms with Crippen molar-refractivity contribution in [1.29, 1.82) is 0 Å². The number of anilines is 1. The number of hydrogen-bond acceptors (Lipinski definition) is 6. The Morgan fingerprint density at radius 3 is 2.37 bits per heavy atom. The SMILES string of the molecule is CCOc1cccc(/C(O)=C2\C(=O)C(=O)N(c3ccc4c(c3)OCCO4)C2c2ccc(C(C)(C)C)cc2)c1. The van der Waals surface area contributed by atoms with Crippen molar-refractivity contribution in [1.82, 2.24) is 0 Å². The second kappa shape index (κ2) is 9.89. The summed E-state index contributed by atoms with van der Waals surface area (Å²) in [6.45, 7) is 9.52. The second-order valence-corrected chi connectivity index (χ2v) is 10.3. The van der Waals surface area contributed by atoms with Gasteiger partial charge in [0.15, 0.2) is 11.5 Å². The van der Waals surface area contributed by atoms with Crippen LogP contribution in [0.15, 0.2) is 72.3 Å². The van der Waals surface area contributed by atoms with Crippen molar-refractivity contribution in [2.24, 2.45) is 0 Å². The number of carbonyl (C=O) groups is 2. The molecular formula is C31H31NO6. The predicted octanol–water partition coefficient (Wildman–Crippen LogP) is 5.78. The number of hydrogen-bond donors (Lipinski definition) is 1. The van der Waals surface area contributed by atoms with Crippen molar-refractivity contribution in [2.75, 3.05) is 24.7 Å². The van der Waals surface area contributed by atoms with Gasteiger partial charge in [-0.15, -0.1) is 0 Å². The lowest BCUT2D eigenvalue weighted by molar-refractivity contribution is -0.132. The van der Waals surface area contributed by atoms with Gasteiger partial charge in [-0.05, 0) is 47.7 Å². The lowest BCUT2D eigenvalue weighted by atomic mass is 9.85. The molecule has 7 nitrogen and oxygen atoms in total. The number of carbonyl (C=O) groups excluding carboxylic acids is 2. The monoisotopic (exact) mass is 513 g/mol. The van der Waals surface area contributed by atoms with Gasteiger partial charge < -0.3 is 19.3 Å². The van der Waals surface area contributed by atoms with Gasteiger partial charge >= 0.3 is 0 Å². The molecule has 0 aliphatic carbocycles. The quantitative estimate of drug-likeness (QED) is 0.264. The predicted molar refractivity (Wildman–Crippen MR) is 145 cm³/mol. The van der Waals surface area contributed by atoms with Crippen LogP contribution in [0.3, 0.4) is 0 Å². The van der Waals surface area contributed by atoms with Gasteiger partial charge in [-0.2, -0.15) is 0 Å². The topological polar surface area (TPSA) is 85.3 Å². The number of aliphatic hydroxyl groups excluding tert-OH is 1. The summed E-state index contributed by atoms with van der Waals surface area (Å²) in [6.07, 6.45) is 0. The van der Waals surface area contributed by atoms with Crippen LogP contribution in [0.1, 0.15) is 50.4 Å². The molecule has 0 aromatic heterocycles. The van der Waals surface area contributed by atoms with Crippen LogP contribution in [0.25, 0.3) is 5.76 Å². The fourth-order valence-electron chi connectivity index (χ4n) is 4.82. The van der Waals surface area contributed by atoms with E-state index < -0.39 is 17.7 Å². The highest BCUT2D eigenvalue weighted by Gasteiger charge is 2.47. The first-order chi connectivity index (χ1) is 18.2. The number of ketones is 1. The van der Waals surface area contributed by atoms with Gasteiger partial charge in [0.25, 0.3) is 11.7 Å². The highest BCUT2D eigenvalue weighted by molar-refractivity contribution is 6.51. The molecule has 2 aliphatic heterocycles. The van der Waals surface area contributed by atoms with Crippen LogP contribution in [0, 0.1) is 0 Å². The van der Waals surface area contributed by atoms with E-state index in [9.17, 15) is 14.7 Å². The van der Waals surface area contributed by atoms with E-state index in [0.717, 1.165) is 5.56 Å². The molecule has 3 aromatic rings. The average molecular weight is 514 g/mol. The molecule has 2 heterocycles. The lowest BCUT2D eigenvalue weighted by Gasteiger charge is -2.28. The zero-order valence-electron chi connectivity index (χ0n) is 22.0. The maximum Gasteiger partial charge on any atom is 0.300 e. The summed E-state index contributed by atoms with van der Waals surface area (Å²) in [5, 5.41) is 11.5. The zero-order valence-corrected chi connectivity index (χ0v) is 22.0. The fraction of sp³-hybridized carbons (Fsp3) is 0.290. The van der Waals surface area contributed by atoms with Crippen LogP contribution in [0.4, 0.5) is 5.69 Å². The minimum absolute atomic E-state index is 0.0158. The zero-order chi connectivity index (χ0) is 27.0. The van der Waals surface area contributed by atoms with Crippen LogP contribution < -0.4 is 19.1 Å². The average Bonchev–Trinajstić information content (AvgIpc) is 3.18. The standard InChI is InChI=1S/C31H31NO6/c1-5-36-23-8-6-7-20(17-23)28(33)26-27(19-9-11-21(12-10-19)31(2,3)4)32(30(35)29(26)34)22-13-14-24-25(18-22)38-16-15-37-24/h6-14,17-18,27,33H,5,15-16H2,1-4H3/b28-26+. The molecular weight excluding hydrogens is 482 g/mol.